The molecule has 0 unspecified atom stereocenters. The van der Waals surface area contributed by atoms with Crippen LogP contribution in [0.3, 0.4) is 0 Å². The lowest BCUT2D eigenvalue weighted by molar-refractivity contribution is 0.414. The number of methoxy groups -OCH3 is 2. The highest BCUT2D eigenvalue weighted by Crippen LogP contribution is 2.34. The number of imidazole rings is 1. The number of para-hydroxylation sites is 2. The Hall–Kier alpha value is -3.27. The quantitative estimate of drug-likeness (QED) is 0.515. The molecule has 0 atom stereocenters. The van der Waals surface area contributed by atoms with Crippen molar-refractivity contribution in [2.45, 2.75) is 5.92 Å². The van der Waals surface area contributed by atoms with Crippen LogP contribution in [0.15, 0.2) is 72.8 Å². The zero-order valence-corrected chi connectivity index (χ0v) is 15.7. The predicted molar refractivity (Wildman–Crippen MR) is 108 cm³/mol. The van der Waals surface area contributed by atoms with E-state index in [2.05, 4.69) is 48.0 Å². The molecule has 136 valence electrons. The average Bonchev–Trinajstić information content (AvgIpc) is 3.06. The Bertz CT molecular complexity index is 1000. The molecule has 0 spiro atoms. The molecule has 4 rings (SSSR count). The molecule has 1 heterocycles. The molecular formula is C23H22N2O2. The number of aryl methyl sites for hydroxylation is 1. The summed E-state index contributed by atoms with van der Waals surface area (Å²) in [5.74, 6) is 2.71. The molecule has 0 fully saturated rings. The molecule has 0 aliphatic rings. The van der Waals surface area contributed by atoms with E-state index < -0.39 is 0 Å². The number of fused-ring (bicyclic) bond motifs is 1. The second kappa shape index (κ2) is 7.16. The van der Waals surface area contributed by atoms with Crippen LogP contribution in [0.5, 0.6) is 11.5 Å². The summed E-state index contributed by atoms with van der Waals surface area (Å²) in [6.45, 7) is 0. The number of nitrogens with zero attached hydrogens (tertiary/aromatic N) is 2. The number of benzene rings is 3. The molecule has 0 N–H and O–H groups in total. The summed E-state index contributed by atoms with van der Waals surface area (Å²) in [5, 5.41) is 0. The van der Waals surface area contributed by atoms with Crippen molar-refractivity contribution in [1.29, 1.82) is 0 Å². The van der Waals surface area contributed by atoms with E-state index >= 15 is 0 Å². The third-order valence-corrected chi connectivity index (χ3v) is 4.98. The van der Waals surface area contributed by atoms with Gasteiger partial charge < -0.3 is 14.0 Å². The van der Waals surface area contributed by atoms with Crippen molar-refractivity contribution >= 4 is 11.0 Å². The van der Waals surface area contributed by atoms with Crippen LogP contribution in [0.1, 0.15) is 22.9 Å². The second-order valence-electron chi connectivity index (χ2n) is 6.50. The van der Waals surface area contributed by atoms with Crippen LogP contribution in [0.25, 0.3) is 11.0 Å². The van der Waals surface area contributed by atoms with Gasteiger partial charge in [-0.15, -0.1) is 0 Å². The van der Waals surface area contributed by atoms with Crippen LogP contribution < -0.4 is 9.47 Å². The van der Waals surface area contributed by atoms with Crippen molar-refractivity contribution in [3.63, 3.8) is 0 Å². The lowest BCUT2D eigenvalue weighted by Gasteiger charge is -2.19. The van der Waals surface area contributed by atoms with Crippen molar-refractivity contribution in [3.05, 3.63) is 89.7 Å². The maximum atomic E-state index is 5.33. The van der Waals surface area contributed by atoms with E-state index in [9.17, 15) is 0 Å². The predicted octanol–water partition coefficient (Wildman–Crippen LogP) is 4.77. The number of hydrogen-bond acceptors (Lipinski definition) is 3. The van der Waals surface area contributed by atoms with Crippen molar-refractivity contribution in [1.82, 2.24) is 9.55 Å². The molecule has 0 bridgehead atoms. The van der Waals surface area contributed by atoms with E-state index in [1.165, 1.54) is 11.1 Å². The van der Waals surface area contributed by atoms with Gasteiger partial charge in [0, 0.05) is 7.05 Å². The fourth-order valence-electron chi connectivity index (χ4n) is 3.51. The normalized spacial score (nSPS) is 11.1. The van der Waals surface area contributed by atoms with E-state index in [0.717, 1.165) is 28.4 Å². The highest BCUT2D eigenvalue weighted by molar-refractivity contribution is 5.76. The molecule has 0 amide bonds. The standard InChI is InChI=1S/C23H22N2O2/c1-25-21-7-5-4-6-20(21)24-23(25)22(16-8-12-18(26-2)13-9-16)17-10-14-19(27-3)15-11-17/h4-15,22H,1-3H3. The summed E-state index contributed by atoms with van der Waals surface area (Å²) >= 11 is 0. The Kier molecular flexibility index (Phi) is 4.55. The number of rotatable bonds is 5. The first-order valence-electron chi connectivity index (χ1n) is 8.90. The molecule has 0 radical (unpaired) electrons. The van der Waals surface area contributed by atoms with Crippen LogP contribution in [-0.4, -0.2) is 23.8 Å². The largest absolute Gasteiger partial charge is 0.497 e. The zero-order valence-electron chi connectivity index (χ0n) is 15.7. The van der Waals surface area contributed by atoms with E-state index in [-0.39, 0.29) is 5.92 Å². The van der Waals surface area contributed by atoms with Crippen molar-refractivity contribution < 1.29 is 9.47 Å². The summed E-state index contributed by atoms with van der Waals surface area (Å²) in [6, 6.07) is 24.6. The molecule has 0 aliphatic heterocycles. The van der Waals surface area contributed by atoms with Gasteiger partial charge in [-0.25, -0.2) is 4.98 Å². The summed E-state index contributed by atoms with van der Waals surface area (Å²) in [4.78, 5) is 4.95. The molecule has 4 aromatic rings. The molecule has 27 heavy (non-hydrogen) atoms. The molecular weight excluding hydrogens is 336 g/mol. The maximum Gasteiger partial charge on any atom is 0.121 e. The number of ether oxygens (including phenoxy) is 2. The Morgan fingerprint density at radius 1 is 0.741 bits per heavy atom. The third-order valence-electron chi connectivity index (χ3n) is 4.98. The van der Waals surface area contributed by atoms with Gasteiger partial charge in [-0.1, -0.05) is 36.4 Å². The first kappa shape index (κ1) is 17.2. The molecule has 4 nitrogen and oxygen atoms in total. The van der Waals surface area contributed by atoms with Gasteiger partial charge in [0.2, 0.25) is 0 Å². The van der Waals surface area contributed by atoms with Gasteiger partial charge in [0.25, 0.3) is 0 Å². The summed E-state index contributed by atoms with van der Waals surface area (Å²) in [7, 11) is 5.44. The molecule has 3 aromatic carbocycles. The third kappa shape index (κ3) is 3.14. The first-order valence-corrected chi connectivity index (χ1v) is 8.90. The molecule has 4 heteroatoms. The van der Waals surface area contributed by atoms with Gasteiger partial charge >= 0.3 is 0 Å². The minimum Gasteiger partial charge on any atom is -0.497 e. The topological polar surface area (TPSA) is 36.3 Å². The van der Waals surface area contributed by atoms with E-state index in [4.69, 9.17) is 14.5 Å². The van der Waals surface area contributed by atoms with Gasteiger partial charge in [0.1, 0.15) is 17.3 Å². The molecule has 0 saturated heterocycles. The Morgan fingerprint density at radius 2 is 1.26 bits per heavy atom. The molecule has 0 aliphatic carbocycles. The second-order valence-corrected chi connectivity index (χ2v) is 6.50. The van der Waals surface area contributed by atoms with E-state index in [1.807, 2.05) is 36.4 Å². The SMILES string of the molecule is COc1ccc(C(c2ccc(OC)cc2)c2nc3ccccc3n2C)cc1. The Morgan fingerprint density at radius 3 is 1.74 bits per heavy atom. The minimum atomic E-state index is 0.0132. The van der Waals surface area contributed by atoms with Gasteiger partial charge in [0.15, 0.2) is 0 Å². The lowest BCUT2D eigenvalue weighted by Crippen LogP contribution is -2.10. The van der Waals surface area contributed by atoms with Crippen LogP contribution in [-0.2, 0) is 7.05 Å². The summed E-state index contributed by atoms with van der Waals surface area (Å²) < 4.78 is 12.8. The van der Waals surface area contributed by atoms with Crippen LogP contribution >= 0.6 is 0 Å². The van der Waals surface area contributed by atoms with Crippen LogP contribution in [0, 0.1) is 0 Å². The number of aromatic nitrogens is 2. The zero-order chi connectivity index (χ0) is 18.8. The maximum absolute atomic E-state index is 5.33. The van der Waals surface area contributed by atoms with Gasteiger partial charge in [-0.05, 0) is 47.5 Å². The van der Waals surface area contributed by atoms with Crippen molar-refractivity contribution in [2.75, 3.05) is 14.2 Å². The highest BCUT2D eigenvalue weighted by atomic mass is 16.5. The lowest BCUT2D eigenvalue weighted by atomic mass is 9.90. The minimum absolute atomic E-state index is 0.0132. The van der Waals surface area contributed by atoms with Gasteiger partial charge in [-0.2, -0.15) is 0 Å². The smallest absolute Gasteiger partial charge is 0.121 e. The highest BCUT2D eigenvalue weighted by Gasteiger charge is 2.23. The summed E-state index contributed by atoms with van der Waals surface area (Å²) in [6.07, 6.45) is 0. The van der Waals surface area contributed by atoms with Gasteiger partial charge in [-0.3, -0.25) is 0 Å². The summed E-state index contributed by atoms with van der Waals surface area (Å²) in [5.41, 5.74) is 4.46. The van der Waals surface area contributed by atoms with Crippen molar-refractivity contribution in [3.8, 4) is 11.5 Å². The molecule has 0 saturated carbocycles. The van der Waals surface area contributed by atoms with Crippen LogP contribution in [0.4, 0.5) is 0 Å². The van der Waals surface area contributed by atoms with Crippen molar-refractivity contribution in [2.24, 2.45) is 7.05 Å². The monoisotopic (exact) mass is 358 g/mol. The fourth-order valence-corrected chi connectivity index (χ4v) is 3.51. The van der Waals surface area contributed by atoms with E-state index in [1.54, 1.807) is 14.2 Å². The fraction of sp³-hybridized carbons (Fsp3) is 0.174. The van der Waals surface area contributed by atoms with E-state index in [0.29, 0.717) is 0 Å². The Labute approximate surface area is 159 Å². The van der Waals surface area contributed by atoms with Crippen LogP contribution in [0.2, 0.25) is 0 Å². The first-order chi connectivity index (χ1) is 13.2. The van der Waals surface area contributed by atoms with Gasteiger partial charge in [0.05, 0.1) is 31.2 Å². The molecule has 1 aromatic heterocycles. The average molecular weight is 358 g/mol. The Balaban J connectivity index is 1.89. The number of hydrogen-bond donors (Lipinski definition) is 0.